The van der Waals surface area contributed by atoms with Gasteiger partial charge in [-0.15, -0.1) is 6.58 Å². The number of carboxylic acid groups (broad SMARTS) is 2. The molecule has 0 radical (unpaired) electrons. The van der Waals surface area contributed by atoms with Gasteiger partial charge >= 0.3 is 30.8 Å². The third-order valence-corrected chi connectivity index (χ3v) is 0.768. The Labute approximate surface area is 69.7 Å². The van der Waals surface area contributed by atoms with E-state index in [1.807, 2.05) is 0 Å². The molecular weight excluding hydrogens is 131 g/mol. The molecule has 0 aliphatic carbocycles. The predicted octanol–water partition coefficient (Wildman–Crippen LogP) is -0.691. The molecule has 0 aromatic carbocycles. The Hall–Kier alpha value is -0.723. The number of carbonyl (C=O) groups is 2. The van der Waals surface area contributed by atoms with Crippen LogP contribution in [0.25, 0.3) is 0 Å². The van der Waals surface area contributed by atoms with E-state index >= 15 is 0 Å². The molecule has 2 N–H and O–H groups in total. The molecule has 0 aliphatic rings. The van der Waals surface area contributed by atoms with Gasteiger partial charge in [-0.05, 0) is 0 Å². The first kappa shape index (κ1) is 12.0. The fourth-order valence-electron chi connectivity index (χ4n) is 0.307. The number of aliphatic carboxylic acids is 2. The molecule has 0 spiro atoms. The molecule has 0 aliphatic heterocycles. The fourth-order valence-corrected chi connectivity index (χ4v) is 0.307. The molecule has 4 nitrogen and oxygen atoms in total. The van der Waals surface area contributed by atoms with Crippen LogP contribution >= 0.6 is 0 Å². The number of rotatable bonds is 3. The maximum atomic E-state index is 9.92. The summed E-state index contributed by atoms with van der Waals surface area (Å²) in [6, 6.07) is 0. The van der Waals surface area contributed by atoms with E-state index in [1.54, 1.807) is 0 Å². The Kier molecular flexibility index (Phi) is 6.11. The zero-order valence-electron chi connectivity index (χ0n) is 4.57. The van der Waals surface area contributed by atoms with Crippen LogP contribution < -0.4 is 0 Å². The van der Waals surface area contributed by atoms with Crippen molar-refractivity contribution in [1.29, 1.82) is 0 Å². The summed E-state index contributed by atoms with van der Waals surface area (Å²) in [5.74, 6) is -4.26. The maximum absolute atomic E-state index is 9.92. The van der Waals surface area contributed by atoms with Gasteiger partial charge in [0.1, 0.15) is 0 Å². The Bertz CT molecular complexity index is 140. The Morgan fingerprint density at radius 2 is 1.60 bits per heavy atom. The van der Waals surface area contributed by atoms with Crippen LogP contribution in [0.2, 0.25) is 0 Å². The van der Waals surface area contributed by atoms with Crippen molar-refractivity contribution in [3.8, 4) is 0 Å². The Morgan fingerprint density at radius 1 is 1.30 bits per heavy atom. The van der Waals surface area contributed by atoms with E-state index < -0.39 is 17.9 Å². The van der Waals surface area contributed by atoms with E-state index in [1.165, 1.54) is 0 Å². The third kappa shape index (κ3) is 3.33. The number of hydrogen-bond acceptors (Lipinski definition) is 2. The van der Waals surface area contributed by atoms with Gasteiger partial charge in [0.05, 0.1) is 0 Å². The summed E-state index contributed by atoms with van der Waals surface area (Å²) >= 11 is 0. The molecule has 0 unspecified atom stereocenters. The standard InChI is InChI=1S/C5H6O4.Li.H/c1-2-3(4(6)7)5(8)9;;/h2-3H,1H2,(H,6,7)(H,8,9);;. The van der Waals surface area contributed by atoms with Crippen molar-refractivity contribution in [2.75, 3.05) is 0 Å². The molecule has 0 saturated carbocycles. The monoisotopic (exact) mass is 138 g/mol. The molecule has 0 aromatic heterocycles. The Morgan fingerprint density at radius 3 is 1.60 bits per heavy atom. The summed E-state index contributed by atoms with van der Waals surface area (Å²) in [6.07, 6.45) is 0.866. The van der Waals surface area contributed by atoms with Crippen LogP contribution in [0.1, 0.15) is 0 Å². The Balaban J connectivity index is 0. The van der Waals surface area contributed by atoms with Gasteiger partial charge in [-0.3, -0.25) is 9.59 Å². The van der Waals surface area contributed by atoms with Crippen molar-refractivity contribution in [2.45, 2.75) is 0 Å². The molecule has 0 heterocycles. The number of hydrogen-bond donors (Lipinski definition) is 2. The van der Waals surface area contributed by atoms with Crippen LogP contribution in [0.5, 0.6) is 0 Å². The van der Waals surface area contributed by atoms with E-state index in [-0.39, 0.29) is 18.9 Å². The van der Waals surface area contributed by atoms with Gasteiger partial charge in [-0.25, -0.2) is 0 Å². The molecule has 0 amide bonds. The predicted molar refractivity (Wildman–Crippen MR) is 36.1 cm³/mol. The van der Waals surface area contributed by atoms with E-state index in [2.05, 4.69) is 6.58 Å². The van der Waals surface area contributed by atoms with E-state index in [0.29, 0.717) is 0 Å². The molecular formula is C5H7LiO4. The number of carboxylic acids is 2. The van der Waals surface area contributed by atoms with Crippen LogP contribution in [0, 0.1) is 5.92 Å². The first-order valence-electron chi connectivity index (χ1n) is 2.17. The quantitative estimate of drug-likeness (QED) is 0.307. The van der Waals surface area contributed by atoms with E-state index in [4.69, 9.17) is 10.2 Å². The summed E-state index contributed by atoms with van der Waals surface area (Å²) in [5, 5.41) is 16.2. The fraction of sp³-hybridized carbons (Fsp3) is 0.200. The molecule has 0 rings (SSSR count). The van der Waals surface area contributed by atoms with E-state index in [9.17, 15) is 9.59 Å². The minimum atomic E-state index is -1.48. The van der Waals surface area contributed by atoms with Crippen molar-refractivity contribution in [1.82, 2.24) is 0 Å². The summed E-state index contributed by atoms with van der Waals surface area (Å²) in [5.41, 5.74) is 0. The molecule has 0 bridgehead atoms. The van der Waals surface area contributed by atoms with Crippen LogP contribution in [-0.2, 0) is 9.59 Å². The van der Waals surface area contributed by atoms with Crippen LogP contribution in [0.15, 0.2) is 12.7 Å². The van der Waals surface area contributed by atoms with Crippen molar-refractivity contribution >= 4 is 30.8 Å². The van der Waals surface area contributed by atoms with Gasteiger partial charge in [0, 0.05) is 0 Å². The SMILES string of the molecule is C=CC(C(=O)O)C(=O)O.[LiH]. The second-order valence-electron chi connectivity index (χ2n) is 1.39. The van der Waals surface area contributed by atoms with Crippen molar-refractivity contribution in [3.63, 3.8) is 0 Å². The molecule has 10 heavy (non-hydrogen) atoms. The van der Waals surface area contributed by atoms with Crippen molar-refractivity contribution in [2.24, 2.45) is 5.92 Å². The molecule has 52 valence electrons. The van der Waals surface area contributed by atoms with Crippen LogP contribution in [0.4, 0.5) is 0 Å². The first-order valence-corrected chi connectivity index (χ1v) is 2.17. The topological polar surface area (TPSA) is 74.6 Å². The summed E-state index contributed by atoms with van der Waals surface area (Å²) < 4.78 is 0. The molecule has 0 aromatic rings. The van der Waals surface area contributed by atoms with Gasteiger partial charge in [-0.2, -0.15) is 0 Å². The first-order chi connectivity index (χ1) is 4.09. The average molecular weight is 138 g/mol. The van der Waals surface area contributed by atoms with Crippen molar-refractivity contribution < 1.29 is 19.8 Å². The summed E-state index contributed by atoms with van der Waals surface area (Å²) in [7, 11) is 0. The zero-order valence-corrected chi connectivity index (χ0v) is 4.57. The normalized spacial score (nSPS) is 8.10. The third-order valence-electron chi connectivity index (χ3n) is 0.768. The van der Waals surface area contributed by atoms with Crippen molar-refractivity contribution in [3.05, 3.63) is 12.7 Å². The minimum absolute atomic E-state index is 0. The summed E-state index contributed by atoms with van der Waals surface area (Å²) in [6.45, 7) is 3.04. The van der Waals surface area contributed by atoms with Gasteiger partial charge in [0.2, 0.25) is 0 Å². The summed E-state index contributed by atoms with van der Waals surface area (Å²) in [4.78, 5) is 19.8. The molecule has 0 atom stereocenters. The van der Waals surface area contributed by atoms with Gasteiger partial charge in [-0.1, -0.05) is 6.08 Å². The van der Waals surface area contributed by atoms with Crippen LogP contribution in [0.3, 0.4) is 0 Å². The average Bonchev–Trinajstić information content (AvgIpc) is 1.64. The molecule has 0 saturated heterocycles. The van der Waals surface area contributed by atoms with Crippen LogP contribution in [-0.4, -0.2) is 41.0 Å². The van der Waals surface area contributed by atoms with Gasteiger partial charge in [0.25, 0.3) is 0 Å². The van der Waals surface area contributed by atoms with Gasteiger partial charge in [0.15, 0.2) is 5.92 Å². The molecule has 5 heteroatoms. The molecule has 0 fully saturated rings. The zero-order chi connectivity index (χ0) is 7.44. The second-order valence-corrected chi connectivity index (χ2v) is 1.39. The second kappa shape index (κ2) is 5.09. The van der Waals surface area contributed by atoms with Gasteiger partial charge < -0.3 is 10.2 Å². The van der Waals surface area contributed by atoms with E-state index in [0.717, 1.165) is 6.08 Å².